The molecule has 7 heteroatoms. The fourth-order valence-electron chi connectivity index (χ4n) is 6.51. The molecule has 4 heterocycles. The Morgan fingerprint density at radius 1 is 1.18 bits per heavy atom. The van der Waals surface area contributed by atoms with Gasteiger partial charge >= 0.3 is 0 Å². The zero-order valence-corrected chi connectivity index (χ0v) is 20.3. The zero-order chi connectivity index (χ0) is 22.5. The fourth-order valence-corrected chi connectivity index (χ4v) is 6.97. The molecule has 1 aromatic carbocycles. The first-order valence-electron chi connectivity index (χ1n) is 12.0. The number of carbonyl (C=O) groups excluding carboxylic acids is 1. The minimum atomic E-state index is -0.762. The smallest absolute Gasteiger partial charge is 0.224 e. The second-order valence-electron chi connectivity index (χ2n) is 10.3. The molecule has 6 nitrogen and oxygen atoms in total. The van der Waals surface area contributed by atoms with Crippen LogP contribution in [0.2, 0.25) is 0 Å². The maximum atomic E-state index is 12.7. The van der Waals surface area contributed by atoms with Crippen molar-refractivity contribution >= 4 is 23.4 Å². The van der Waals surface area contributed by atoms with Gasteiger partial charge in [-0.25, -0.2) is 9.78 Å². The highest BCUT2D eigenvalue weighted by Crippen LogP contribution is 2.60. The van der Waals surface area contributed by atoms with Crippen molar-refractivity contribution < 1.29 is 24.0 Å². The van der Waals surface area contributed by atoms with Crippen molar-refractivity contribution in [3.63, 3.8) is 0 Å². The second-order valence-corrected chi connectivity index (χ2v) is 11.1. The lowest BCUT2D eigenvalue weighted by atomic mass is 9.57. The number of rotatable bonds is 5. The summed E-state index contributed by atoms with van der Waals surface area (Å²) in [5, 5.41) is 3.03. The van der Waals surface area contributed by atoms with E-state index in [1.54, 1.807) is 11.8 Å². The number of hydrogen-bond acceptors (Lipinski definition) is 6. The molecule has 1 saturated carbocycles. The summed E-state index contributed by atoms with van der Waals surface area (Å²) < 4.78 is 13.0. The lowest BCUT2D eigenvalue weighted by Gasteiger charge is -2.60. The average Bonchev–Trinajstić information content (AvgIpc) is 3.01. The third-order valence-electron chi connectivity index (χ3n) is 8.30. The summed E-state index contributed by atoms with van der Waals surface area (Å²) in [5.74, 6) is 0.745. The number of anilines is 1. The summed E-state index contributed by atoms with van der Waals surface area (Å²) >= 11 is 1.66. The molecule has 5 fully saturated rings. The number of thioether (sulfide) groups is 1. The Morgan fingerprint density at radius 3 is 2.79 bits per heavy atom. The summed E-state index contributed by atoms with van der Waals surface area (Å²) in [6.07, 6.45) is 6.74. The first-order valence-corrected chi connectivity index (χ1v) is 13.2. The predicted octanol–water partition coefficient (Wildman–Crippen LogP) is 6.01. The van der Waals surface area contributed by atoms with Crippen LogP contribution in [0.25, 0.3) is 0 Å². The second kappa shape index (κ2) is 9.50. The van der Waals surface area contributed by atoms with Crippen LogP contribution in [0.15, 0.2) is 29.2 Å². The van der Waals surface area contributed by atoms with E-state index in [1.165, 1.54) is 6.42 Å². The van der Waals surface area contributed by atoms with Crippen molar-refractivity contribution in [2.45, 2.75) is 95.4 Å². The number of carbonyl (C=O) groups is 1. The maximum Gasteiger partial charge on any atom is 0.224 e. The molecular weight excluding hydrogens is 438 g/mol. The van der Waals surface area contributed by atoms with Gasteiger partial charge in [0.25, 0.3) is 0 Å². The average molecular weight is 478 g/mol. The van der Waals surface area contributed by atoms with Crippen LogP contribution in [0.5, 0.6) is 0 Å². The number of hydrogen-bond donors (Lipinski definition) is 1. The Balaban J connectivity index is 0.00000259. The van der Waals surface area contributed by atoms with Crippen LogP contribution in [0.1, 0.15) is 66.7 Å². The monoisotopic (exact) mass is 477 g/mol. The van der Waals surface area contributed by atoms with Crippen molar-refractivity contribution in [2.75, 3.05) is 11.6 Å². The number of amides is 1. The van der Waals surface area contributed by atoms with E-state index in [-0.39, 0.29) is 25.4 Å². The molecule has 4 aliphatic heterocycles. The molecule has 0 aromatic heterocycles. The molecule has 6 rings (SSSR count). The summed E-state index contributed by atoms with van der Waals surface area (Å²) in [7, 11) is 0. The first kappa shape index (κ1) is 25.0. The van der Waals surface area contributed by atoms with E-state index >= 15 is 0 Å². The van der Waals surface area contributed by atoms with Gasteiger partial charge in [0.1, 0.15) is 0 Å². The molecule has 5 aliphatic rings. The molecule has 1 N–H and O–H groups in total. The maximum absolute atomic E-state index is 12.7. The standard InChI is InChI=1S/C25H35NO5S.CH4/c1-15-8-9-20-16(2)21(10-11-22(27)26-17-6-5-7-18(14-17)32-4)28-23-25(20)19(15)12-13-24(3,29-23)30-31-25;/h5-7,14-16,19-21,23H,8-13H2,1-4H3,(H,26,27);1H4/t15-,16-,19+,20+,21-,23-,24-,25-;/m1./s1. The topological polar surface area (TPSA) is 66.0 Å². The van der Waals surface area contributed by atoms with Gasteiger partial charge in [-0.3, -0.25) is 4.79 Å². The Bertz CT molecular complexity index is 867. The van der Waals surface area contributed by atoms with Crippen LogP contribution in [0, 0.1) is 23.7 Å². The number of benzene rings is 1. The number of nitrogens with one attached hydrogen (secondary N) is 1. The van der Waals surface area contributed by atoms with E-state index in [1.807, 2.05) is 37.4 Å². The molecule has 1 spiro atoms. The first-order chi connectivity index (χ1) is 15.3. The largest absolute Gasteiger partial charge is 0.346 e. The van der Waals surface area contributed by atoms with Crippen molar-refractivity contribution in [1.29, 1.82) is 0 Å². The van der Waals surface area contributed by atoms with E-state index < -0.39 is 17.7 Å². The van der Waals surface area contributed by atoms with Crippen LogP contribution < -0.4 is 5.32 Å². The van der Waals surface area contributed by atoms with Gasteiger partial charge in [-0.1, -0.05) is 27.3 Å². The fraction of sp³-hybridized carbons (Fsp3) is 0.731. The van der Waals surface area contributed by atoms with Gasteiger partial charge in [0.05, 0.1) is 6.10 Å². The Morgan fingerprint density at radius 2 is 2.00 bits per heavy atom. The van der Waals surface area contributed by atoms with E-state index in [4.69, 9.17) is 19.2 Å². The molecule has 33 heavy (non-hydrogen) atoms. The molecule has 1 aliphatic carbocycles. The minimum absolute atomic E-state index is 0. The summed E-state index contributed by atoms with van der Waals surface area (Å²) in [4.78, 5) is 25.9. The normalized spacial score (nSPS) is 41.5. The number of fused-ring (bicyclic) bond motifs is 2. The van der Waals surface area contributed by atoms with Crippen LogP contribution in [-0.4, -0.2) is 35.9 Å². The molecule has 0 unspecified atom stereocenters. The van der Waals surface area contributed by atoms with Crippen molar-refractivity contribution in [1.82, 2.24) is 0 Å². The van der Waals surface area contributed by atoms with E-state index in [0.717, 1.165) is 29.8 Å². The lowest BCUT2D eigenvalue weighted by Crippen LogP contribution is -2.70. The van der Waals surface area contributed by atoms with Gasteiger partial charge in [-0.2, -0.15) is 0 Å². The Labute approximate surface area is 202 Å². The molecule has 8 atom stereocenters. The van der Waals surface area contributed by atoms with Crippen LogP contribution in [0.4, 0.5) is 5.69 Å². The van der Waals surface area contributed by atoms with Crippen LogP contribution in [-0.2, 0) is 24.0 Å². The van der Waals surface area contributed by atoms with Gasteiger partial charge in [0.2, 0.25) is 11.7 Å². The Hall–Kier alpha value is -1.12. The molecule has 1 amide bonds. The Kier molecular flexibility index (Phi) is 7.19. The quantitative estimate of drug-likeness (QED) is 0.414. The van der Waals surface area contributed by atoms with Crippen molar-refractivity contribution in [3.8, 4) is 0 Å². The van der Waals surface area contributed by atoms with E-state index in [9.17, 15) is 4.79 Å². The molecule has 1 aromatic rings. The van der Waals surface area contributed by atoms with Gasteiger partial charge in [0.15, 0.2) is 11.9 Å². The molecule has 4 saturated heterocycles. The third-order valence-corrected chi connectivity index (χ3v) is 9.03. The number of ether oxygens (including phenoxy) is 2. The summed E-state index contributed by atoms with van der Waals surface area (Å²) in [5.41, 5.74) is 0.301. The zero-order valence-electron chi connectivity index (χ0n) is 19.5. The van der Waals surface area contributed by atoms with E-state index in [2.05, 4.69) is 19.2 Å². The van der Waals surface area contributed by atoms with Gasteiger partial charge < -0.3 is 14.8 Å². The lowest BCUT2D eigenvalue weighted by molar-refractivity contribution is -0.571. The molecule has 0 radical (unpaired) electrons. The van der Waals surface area contributed by atoms with E-state index in [0.29, 0.717) is 30.6 Å². The molecule has 184 valence electrons. The predicted molar refractivity (Wildman–Crippen MR) is 130 cm³/mol. The van der Waals surface area contributed by atoms with Gasteiger partial charge in [-0.05, 0) is 74.8 Å². The highest BCUT2D eigenvalue weighted by Gasteiger charge is 2.69. The van der Waals surface area contributed by atoms with Crippen molar-refractivity contribution in [3.05, 3.63) is 24.3 Å². The van der Waals surface area contributed by atoms with Gasteiger partial charge in [0, 0.05) is 29.3 Å². The van der Waals surface area contributed by atoms with Crippen LogP contribution in [0.3, 0.4) is 0 Å². The molecular formula is C26H39NO5S. The van der Waals surface area contributed by atoms with Gasteiger partial charge in [-0.15, -0.1) is 11.8 Å². The molecule has 2 bridgehead atoms. The highest BCUT2D eigenvalue weighted by atomic mass is 32.2. The summed E-state index contributed by atoms with van der Waals surface area (Å²) in [6.45, 7) is 6.52. The highest BCUT2D eigenvalue weighted by molar-refractivity contribution is 7.98. The minimum Gasteiger partial charge on any atom is -0.346 e. The SMILES string of the molecule is C.CSc1cccc(NC(=O)CC[C@H]2O[C@@H]3O[C@@]4(C)CC[C@H]5[C@H](C)CC[C@@H]([C@H]2C)[C@@]35OO4)c1. The van der Waals surface area contributed by atoms with Crippen molar-refractivity contribution in [2.24, 2.45) is 23.7 Å². The van der Waals surface area contributed by atoms with Crippen LogP contribution >= 0.6 is 11.8 Å². The third kappa shape index (κ3) is 4.36. The summed E-state index contributed by atoms with van der Waals surface area (Å²) in [6, 6.07) is 7.94.